The second-order valence-corrected chi connectivity index (χ2v) is 4.63. The minimum absolute atomic E-state index is 0.404. The molecule has 0 spiro atoms. The van der Waals surface area contributed by atoms with Gasteiger partial charge in [-0.2, -0.15) is 0 Å². The van der Waals surface area contributed by atoms with E-state index in [9.17, 15) is 0 Å². The Morgan fingerprint density at radius 2 is 2.13 bits per heavy atom. The van der Waals surface area contributed by atoms with Gasteiger partial charge in [0.05, 0.1) is 0 Å². The standard InChI is InChI=1S/C14H20O/c1-4-5-6-13-11(3)12-9-10(2)7-8-14(12)15-13/h7-9,11,13H,4-6H2,1-3H3. The monoisotopic (exact) mass is 204 g/mol. The second kappa shape index (κ2) is 4.26. The van der Waals surface area contributed by atoms with E-state index in [4.69, 9.17) is 4.74 Å². The lowest BCUT2D eigenvalue weighted by atomic mass is 9.93. The average molecular weight is 204 g/mol. The molecule has 2 unspecified atom stereocenters. The van der Waals surface area contributed by atoms with Crippen molar-refractivity contribution in [2.75, 3.05) is 0 Å². The zero-order chi connectivity index (χ0) is 10.8. The van der Waals surface area contributed by atoms with Crippen molar-refractivity contribution in [1.29, 1.82) is 0 Å². The molecule has 0 amide bonds. The maximum absolute atomic E-state index is 5.98. The van der Waals surface area contributed by atoms with E-state index in [0.29, 0.717) is 12.0 Å². The zero-order valence-corrected chi connectivity index (χ0v) is 9.92. The van der Waals surface area contributed by atoms with Crippen molar-refractivity contribution in [3.8, 4) is 5.75 Å². The van der Waals surface area contributed by atoms with Crippen LogP contribution >= 0.6 is 0 Å². The van der Waals surface area contributed by atoms with Crippen LogP contribution in [0, 0.1) is 6.92 Å². The topological polar surface area (TPSA) is 9.23 Å². The summed E-state index contributed by atoms with van der Waals surface area (Å²) < 4.78 is 5.98. The van der Waals surface area contributed by atoms with Crippen LogP contribution < -0.4 is 4.74 Å². The highest BCUT2D eigenvalue weighted by Gasteiger charge is 2.29. The summed E-state index contributed by atoms with van der Waals surface area (Å²) in [5.41, 5.74) is 2.73. The van der Waals surface area contributed by atoms with Crippen LogP contribution in [0.2, 0.25) is 0 Å². The van der Waals surface area contributed by atoms with Crippen molar-refractivity contribution < 1.29 is 4.74 Å². The number of unbranched alkanes of at least 4 members (excludes halogenated alkanes) is 1. The van der Waals surface area contributed by atoms with Gasteiger partial charge >= 0.3 is 0 Å². The lowest BCUT2D eigenvalue weighted by Crippen LogP contribution is -2.16. The van der Waals surface area contributed by atoms with Crippen molar-refractivity contribution in [3.05, 3.63) is 29.3 Å². The van der Waals surface area contributed by atoms with Gasteiger partial charge in [0.15, 0.2) is 0 Å². The molecule has 0 aliphatic carbocycles. The van der Waals surface area contributed by atoms with Crippen LogP contribution in [-0.2, 0) is 0 Å². The van der Waals surface area contributed by atoms with Crippen LogP contribution in [0.3, 0.4) is 0 Å². The van der Waals surface area contributed by atoms with Crippen molar-refractivity contribution >= 4 is 0 Å². The maximum Gasteiger partial charge on any atom is 0.123 e. The Morgan fingerprint density at radius 1 is 1.33 bits per heavy atom. The molecule has 0 saturated heterocycles. The molecule has 0 radical (unpaired) electrons. The van der Waals surface area contributed by atoms with Gasteiger partial charge in [-0.25, -0.2) is 0 Å². The molecule has 0 aromatic heterocycles. The number of hydrogen-bond acceptors (Lipinski definition) is 1. The van der Waals surface area contributed by atoms with Gasteiger partial charge in [-0.3, -0.25) is 0 Å². The van der Waals surface area contributed by atoms with Crippen molar-refractivity contribution in [3.63, 3.8) is 0 Å². The predicted molar refractivity (Wildman–Crippen MR) is 63.5 cm³/mol. The molecule has 0 fully saturated rings. The van der Waals surface area contributed by atoms with E-state index in [-0.39, 0.29) is 0 Å². The molecule has 1 aliphatic rings. The summed E-state index contributed by atoms with van der Waals surface area (Å²) in [7, 11) is 0. The number of aryl methyl sites for hydroxylation is 1. The molecule has 1 heterocycles. The number of rotatable bonds is 3. The third-order valence-electron chi connectivity index (χ3n) is 3.33. The Balaban J connectivity index is 2.14. The van der Waals surface area contributed by atoms with Gasteiger partial charge in [-0.05, 0) is 19.4 Å². The van der Waals surface area contributed by atoms with Gasteiger partial charge in [0, 0.05) is 11.5 Å². The second-order valence-electron chi connectivity index (χ2n) is 4.63. The fraction of sp³-hybridized carbons (Fsp3) is 0.571. The molecule has 1 aliphatic heterocycles. The summed E-state index contributed by atoms with van der Waals surface area (Å²) in [6.45, 7) is 6.66. The summed E-state index contributed by atoms with van der Waals surface area (Å²) in [5, 5.41) is 0. The van der Waals surface area contributed by atoms with Crippen LogP contribution in [0.15, 0.2) is 18.2 Å². The summed E-state index contributed by atoms with van der Waals surface area (Å²) in [6, 6.07) is 6.52. The number of ether oxygens (including phenoxy) is 1. The largest absolute Gasteiger partial charge is 0.490 e. The molecule has 1 heteroatoms. The fourth-order valence-electron chi connectivity index (χ4n) is 2.31. The molecule has 2 rings (SSSR count). The quantitative estimate of drug-likeness (QED) is 0.721. The smallest absolute Gasteiger partial charge is 0.123 e. The molecule has 0 N–H and O–H groups in total. The zero-order valence-electron chi connectivity index (χ0n) is 9.92. The van der Waals surface area contributed by atoms with E-state index in [0.717, 1.165) is 5.75 Å². The summed E-state index contributed by atoms with van der Waals surface area (Å²) in [4.78, 5) is 0. The summed E-state index contributed by atoms with van der Waals surface area (Å²) >= 11 is 0. The molecule has 0 saturated carbocycles. The van der Waals surface area contributed by atoms with E-state index < -0.39 is 0 Å². The maximum atomic E-state index is 5.98. The molecular weight excluding hydrogens is 184 g/mol. The molecule has 2 atom stereocenters. The molecule has 1 nitrogen and oxygen atoms in total. The van der Waals surface area contributed by atoms with Crippen molar-refractivity contribution in [2.24, 2.45) is 0 Å². The Kier molecular flexibility index (Phi) is 2.99. The molecule has 1 aromatic rings. The predicted octanol–water partition coefficient (Wildman–Crippen LogP) is 4.05. The Labute approximate surface area is 92.5 Å². The number of fused-ring (bicyclic) bond motifs is 1. The van der Waals surface area contributed by atoms with Crippen LogP contribution in [0.25, 0.3) is 0 Å². The first-order valence-corrected chi connectivity index (χ1v) is 5.99. The summed E-state index contributed by atoms with van der Waals surface area (Å²) in [5.74, 6) is 1.67. The number of hydrogen-bond donors (Lipinski definition) is 0. The third kappa shape index (κ3) is 2.01. The molecule has 82 valence electrons. The SMILES string of the molecule is CCCCC1Oc2ccc(C)cc2C1C. The molecule has 0 bridgehead atoms. The van der Waals surface area contributed by atoms with Crippen molar-refractivity contribution in [1.82, 2.24) is 0 Å². The highest BCUT2D eigenvalue weighted by Crippen LogP contribution is 2.40. The van der Waals surface area contributed by atoms with Gasteiger partial charge in [0.25, 0.3) is 0 Å². The first-order valence-electron chi connectivity index (χ1n) is 5.99. The van der Waals surface area contributed by atoms with Crippen LogP contribution in [0.1, 0.15) is 50.2 Å². The van der Waals surface area contributed by atoms with E-state index in [1.807, 2.05) is 0 Å². The van der Waals surface area contributed by atoms with Crippen LogP contribution in [-0.4, -0.2) is 6.10 Å². The lowest BCUT2D eigenvalue weighted by molar-refractivity contribution is 0.196. The normalized spacial score (nSPS) is 23.7. The van der Waals surface area contributed by atoms with Crippen LogP contribution in [0.4, 0.5) is 0 Å². The average Bonchev–Trinajstić information content (AvgIpc) is 2.53. The minimum atomic E-state index is 0.404. The number of benzene rings is 1. The van der Waals surface area contributed by atoms with E-state index >= 15 is 0 Å². The van der Waals surface area contributed by atoms with Gasteiger partial charge in [-0.1, -0.05) is 44.4 Å². The third-order valence-corrected chi connectivity index (χ3v) is 3.33. The molecule has 15 heavy (non-hydrogen) atoms. The molecular formula is C14H20O. The van der Waals surface area contributed by atoms with E-state index in [1.54, 1.807) is 0 Å². The van der Waals surface area contributed by atoms with E-state index in [2.05, 4.69) is 39.0 Å². The Bertz CT molecular complexity index is 343. The first kappa shape index (κ1) is 10.5. The Hall–Kier alpha value is -0.980. The van der Waals surface area contributed by atoms with Gasteiger partial charge in [0.2, 0.25) is 0 Å². The lowest BCUT2D eigenvalue weighted by Gasteiger charge is -2.14. The van der Waals surface area contributed by atoms with Gasteiger partial charge in [0.1, 0.15) is 11.9 Å². The highest BCUT2D eigenvalue weighted by atomic mass is 16.5. The van der Waals surface area contributed by atoms with Gasteiger partial charge in [-0.15, -0.1) is 0 Å². The first-order chi connectivity index (χ1) is 7.22. The van der Waals surface area contributed by atoms with Crippen LogP contribution in [0.5, 0.6) is 5.75 Å². The Morgan fingerprint density at radius 3 is 2.87 bits per heavy atom. The van der Waals surface area contributed by atoms with Gasteiger partial charge < -0.3 is 4.74 Å². The summed E-state index contributed by atoms with van der Waals surface area (Å²) in [6.07, 6.45) is 4.11. The molecule has 1 aromatic carbocycles. The highest BCUT2D eigenvalue weighted by molar-refractivity contribution is 5.43. The van der Waals surface area contributed by atoms with E-state index in [1.165, 1.54) is 30.4 Å². The minimum Gasteiger partial charge on any atom is -0.490 e. The fourth-order valence-corrected chi connectivity index (χ4v) is 2.31. The van der Waals surface area contributed by atoms with Crippen molar-refractivity contribution in [2.45, 2.75) is 52.1 Å².